The molecule has 0 amide bonds. The molecule has 0 N–H and O–H groups in total. The lowest BCUT2D eigenvalue weighted by Crippen LogP contribution is -2.07. The molecule has 0 aliphatic heterocycles. The molecule has 0 saturated heterocycles. The molecule has 2 fully saturated rings. The molecule has 2 saturated carbocycles. The fraction of sp³-hybridized carbons (Fsp3) is 1.00. The van der Waals surface area contributed by atoms with Gasteiger partial charge in [-0.2, -0.15) is 0 Å². The van der Waals surface area contributed by atoms with Crippen LogP contribution in [0, 0.1) is 17.3 Å². The minimum Gasteiger partial charge on any atom is -0.206 e. The van der Waals surface area contributed by atoms with Crippen molar-refractivity contribution >= 4 is 0 Å². The standard InChI is InChI=1S/C9H14F2/c1-3-8(4-5-8)7-6(2)9(7,10)11/h6-7H,3-5H2,1-2H3. The largest absolute Gasteiger partial charge is 0.254 e. The lowest BCUT2D eigenvalue weighted by molar-refractivity contribution is 0.0715. The van der Waals surface area contributed by atoms with Gasteiger partial charge in [0.2, 0.25) is 0 Å². The van der Waals surface area contributed by atoms with Crippen LogP contribution < -0.4 is 0 Å². The van der Waals surface area contributed by atoms with E-state index in [-0.39, 0.29) is 17.3 Å². The van der Waals surface area contributed by atoms with Crippen LogP contribution in [0.5, 0.6) is 0 Å². The molecular formula is C9H14F2. The molecule has 0 nitrogen and oxygen atoms in total. The maximum Gasteiger partial charge on any atom is 0.254 e. The van der Waals surface area contributed by atoms with E-state index in [0.717, 1.165) is 19.3 Å². The average Bonchev–Trinajstić information content (AvgIpc) is 2.77. The summed E-state index contributed by atoms with van der Waals surface area (Å²) in [5.74, 6) is -2.95. The van der Waals surface area contributed by atoms with Crippen molar-refractivity contribution in [2.45, 2.75) is 39.0 Å². The van der Waals surface area contributed by atoms with E-state index in [1.165, 1.54) is 0 Å². The minimum atomic E-state index is -2.33. The molecule has 2 heteroatoms. The molecule has 0 aromatic carbocycles. The first kappa shape index (κ1) is 7.51. The minimum absolute atomic E-state index is 0.0584. The van der Waals surface area contributed by atoms with Crippen LogP contribution in [0.15, 0.2) is 0 Å². The predicted molar refractivity (Wildman–Crippen MR) is 39.6 cm³/mol. The van der Waals surface area contributed by atoms with Crippen molar-refractivity contribution in [3.63, 3.8) is 0 Å². The summed E-state index contributed by atoms with van der Waals surface area (Å²) in [6.45, 7) is 3.72. The highest BCUT2D eigenvalue weighted by molar-refractivity contribution is 5.16. The Morgan fingerprint density at radius 3 is 1.91 bits per heavy atom. The second kappa shape index (κ2) is 1.78. The fourth-order valence-corrected chi connectivity index (χ4v) is 2.46. The van der Waals surface area contributed by atoms with Crippen LogP contribution >= 0.6 is 0 Å². The number of alkyl halides is 2. The summed E-state index contributed by atoms with van der Waals surface area (Å²) in [6, 6.07) is 0. The van der Waals surface area contributed by atoms with E-state index in [0.29, 0.717) is 0 Å². The molecule has 2 atom stereocenters. The Hall–Kier alpha value is -0.140. The molecule has 11 heavy (non-hydrogen) atoms. The summed E-state index contributed by atoms with van der Waals surface area (Å²) in [6.07, 6.45) is 3.01. The molecule has 0 heterocycles. The number of hydrogen-bond donors (Lipinski definition) is 0. The molecule has 2 aliphatic rings. The van der Waals surface area contributed by atoms with Gasteiger partial charge in [-0.05, 0) is 24.7 Å². The van der Waals surface area contributed by atoms with Gasteiger partial charge >= 0.3 is 0 Å². The van der Waals surface area contributed by atoms with Gasteiger partial charge in [-0.1, -0.05) is 13.8 Å². The van der Waals surface area contributed by atoms with Gasteiger partial charge in [-0.3, -0.25) is 0 Å². The quantitative estimate of drug-likeness (QED) is 0.582. The summed E-state index contributed by atoms with van der Waals surface area (Å²) in [5, 5.41) is 0. The van der Waals surface area contributed by atoms with Gasteiger partial charge in [0.05, 0.1) is 0 Å². The maximum atomic E-state index is 12.9. The normalized spacial score (nSPS) is 43.6. The van der Waals surface area contributed by atoms with Crippen LogP contribution in [0.1, 0.15) is 33.1 Å². The smallest absolute Gasteiger partial charge is 0.206 e. The van der Waals surface area contributed by atoms with Crippen molar-refractivity contribution in [3.05, 3.63) is 0 Å². The highest BCUT2D eigenvalue weighted by Crippen LogP contribution is 2.72. The summed E-state index contributed by atoms with van der Waals surface area (Å²) >= 11 is 0. The van der Waals surface area contributed by atoms with Gasteiger partial charge in [0.25, 0.3) is 5.92 Å². The van der Waals surface area contributed by atoms with Gasteiger partial charge in [0.1, 0.15) is 0 Å². The Morgan fingerprint density at radius 2 is 1.82 bits per heavy atom. The van der Waals surface area contributed by atoms with Crippen LogP contribution in [0.3, 0.4) is 0 Å². The first-order valence-corrected chi connectivity index (χ1v) is 4.42. The lowest BCUT2D eigenvalue weighted by atomic mass is 9.96. The van der Waals surface area contributed by atoms with Crippen molar-refractivity contribution in [2.24, 2.45) is 17.3 Å². The Labute approximate surface area is 66.0 Å². The third-order valence-electron chi connectivity index (χ3n) is 3.67. The predicted octanol–water partition coefficient (Wildman–Crippen LogP) is 3.08. The Bertz CT molecular complexity index is 182. The van der Waals surface area contributed by atoms with Crippen LogP contribution in [-0.4, -0.2) is 5.92 Å². The molecule has 0 radical (unpaired) electrons. The van der Waals surface area contributed by atoms with E-state index in [9.17, 15) is 8.78 Å². The topological polar surface area (TPSA) is 0 Å². The van der Waals surface area contributed by atoms with Crippen molar-refractivity contribution in [3.8, 4) is 0 Å². The third-order valence-corrected chi connectivity index (χ3v) is 3.67. The van der Waals surface area contributed by atoms with E-state index in [1.54, 1.807) is 6.92 Å². The van der Waals surface area contributed by atoms with Crippen LogP contribution in [0.25, 0.3) is 0 Å². The van der Waals surface area contributed by atoms with Crippen LogP contribution in [0.4, 0.5) is 8.78 Å². The Morgan fingerprint density at radius 1 is 1.36 bits per heavy atom. The van der Waals surface area contributed by atoms with Crippen molar-refractivity contribution in [1.82, 2.24) is 0 Å². The zero-order chi connectivity index (χ0) is 8.28. The SMILES string of the molecule is CCC1(C2C(C)C2(F)F)CC1. The average molecular weight is 160 g/mol. The first-order chi connectivity index (χ1) is 5.04. The highest BCUT2D eigenvalue weighted by atomic mass is 19.3. The summed E-state index contributed by atoms with van der Waals surface area (Å²) < 4.78 is 25.8. The van der Waals surface area contributed by atoms with Crippen molar-refractivity contribution < 1.29 is 8.78 Å². The summed E-state index contributed by atoms with van der Waals surface area (Å²) in [7, 11) is 0. The zero-order valence-electron chi connectivity index (χ0n) is 7.03. The van der Waals surface area contributed by atoms with E-state index in [2.05, 4.69) is 0 Å². The molecule has 2 aliphatic carbocycles. The summed E-state index contributed by atoms with van der Waals surface area (Å²) in [5.41, 5.74) is 0.0584. The number of halogens is 2. The van der Waals surface area contributed by atoms with Gasteiger partial charge < -0.3 is 0 Å². The molecular weight excluding hydrogens is 146 g/mol. The highest BCUT2D eigenvalue weighted by Gasteiger charge is 2.75. The second-order valence-corrected chi connectivity index (χ2v) is 4.16. The molecule has 0 aromatic heterocycles. The van der Waals surface area contributed by atoms with Crippen molar-refractivity contribution in [1.29, 1.82) is 0 Å². The molecule has 0 bridgehead atoms. The van der Waals surface area contributed by atoms with Gasteiger partial charge in [-0.25, -0.2) is 8.78 Å². The fourth-order valence-electron chi connectivity index (χ4n) is 2.46. The molecule has 0 aromatic rings. The second-order valence-electron chi connectivity index (χ2n) is 4.16. The van der Waals surface area contributed by atoms with E-state index < -0.39 is 5.92 Å². The maximum absolute atomic E-state index is 12.9. The third kappa shape index (κ3) is 0.785. The Kier molecular flexibility index (Phi) is 1.21. The lowest BCUT2D eigenvalue weighted by Gasteiger charge is -2.09. The number of rotatable bonds is 2. The molecule has 0 spiro atoms. The van der Waals surface area contributed by atoms with E-state index in [1.807, 2.05) is 6.92 Å². The molecule has 2 rings (SSSR count). The van der Waals surface area contributed by atoms with E-state index in [4.69, 9.17) is 0 Å². The monoisotopic (exact) mass is 160 g/mol. The van der Waals surface area contributed by atoms with Gasteiger partial charge in [-0.15, -0.1) is 0 Å². The number of hydrogen-bond acceptors (Lipinski definition) is 0. The van der Waals surface area contributed by atoms with Crippen LogP contribution in [-0.2, 0) is 0 Å². The van der Waals surface area contributed by atoms with Crippen LogP contribution in [0.2, 0.25) is 0 Å². The van der Waals surface area contributed by atoms with Gasteiger partial charge in [0, 0.05) is 11.8 Å². The Balaban J connectivity index is 2.09. The van der Waals surface area contributed by atoms with Gasteiger partial charge in [0.15, 0.2) is 0 Å². The zero-order valence-corrected chi connectivity index (χ0v) is 7.03. The van der Waals surface area contributed by atoms with Crippen molar-refractivity contribution in [2.75, 3.05) is 0 Å². The summed E-state index contributed by atoms with van der Waals surface area (Å²) in [4.78, 5) is 0. The first-order valence-electron chi connectivity index (χ1n) is 4.42. The molecule has 2 unspecified atom stereocenters. The molecule has 64 valence electrons. The van der Waals surface area contributed by atoms with E-state index >= 15 is 0 Å².